The molecule has 1 atom stereocenters. The molecule has 1 aromatic heterocycles. The lowest BCUT2D eigenvalue weighted by atomic mass is 10.0. The lowest BCUT2D eigenvalue weighted by Crippen LogP contribution is -2.39. The minimum Gasteiger partial charge on any atom is -0.352 e. The number of aryl methyl sites for hydroxylation is 1. The number of nitriles is 1. The zero-order valence-corrected chi connectivity index (χ0v) is 17.9. The van der Waals surface area contributed by atoms with Crippen LogP contribution in [0.1, 0.15) is 23.1 Å². The third kappa shape index (κ3) is 5.42. The van der Waals surface area contributed by atoms with Crippen molar-refractivity contribution in [3.63, 3.8) is 0 Å². The molecule has 6 nitrogen and oxygen atoms in total. The number of halogens is 2. The molecule has 8 heteroatoms. The van der Waals surface area contributed by atoms with Gasteiger partial charge in [0.25, 0.3) is 0 Å². The summed E-state index contributed by atoms with van der Waals surface area (Å²) in [5.74, 6) is 0.967. The maximum Gasteiger partial charge on any atom is 0.193 e. The molecule has 1 aliphatic heterocycles. The first kappa shape index (κ1) is 21.2. The number of nitrogens with zero attached hydrogens (tertiary/aromatic N) is 5. The van der Waals surface area contributed by atoms with Gasteiger partial charge < -0.3 is 10.2 Å². The highest BCUT2D eigenvalue weighted by atomic mass is 127. The van der Waals surface area contributed by atoms with E-state index in [0.717, 1.165) is 31.9 Å². The molecule has 0 saturated carbocycles. The van der Waals surface area contributed by atoms with Crippen LogP contribution in [0.25, 0.3) is 0 Å². The molecule has 27 heavy (non-hydrogen) atoms. The fourth-order valence-electron chi connectivity index (χ4n) is 3.37. The molecule has 0 aliphatic carbocycles. The molecule has 0 bridgehead atoms. The second-order valence-electron chi connectivity index (χ2n) is 6.65. The van der Waals surface area contributed by atoms with Crippen LogP contribution in [0.3, 0.4) is 0 Å². The van der Waals surface area contributed by atoms with Crippen molar-refractivity contribution < 1.29 is 4.39 Å². The molecule has 144 valence electrons. The smallest absolute Gasteiger partial charge is 0.193 e. The molecule has 1 fully saturated rings. The van der Waals surface area contributed by atoms with Crippen molar-refractivity contribution >= 4 is 29.9 Å². The first-order valence-electron chi connectivity index (χ1n) is 8.70. The Morgan fingerprint density at radius 1 is 1.48 bits per heavy atom. The molecule has 1 N–H and O–H groups in total. The Kier molecular flexibility index (Phi) is 7.59. The summed E-state index contributed by atoms with van der Waals surface area (Å²) in [7, 11) is 3.67. The summed E-state index contributed by atoms with van der Waals surface area (Å²) in [4.78, 5) is 6.55. The number of likely N-dealkylation sites (tertiary alicyclic amines) is 1. The highest BCUT2D eigenvalue weighted by Gasteiger charge is 2.25. The molecule has 1 saturated heterocycles. The number of hydrogen-bond acceptors (Lipinski definition) is 3. The summed E-state index contributed by atoms with van der Waals surface area (Å²) in [5, 5.41) is 16.3. The van der Waals surface area contributed by atoms with Gasteiger partial charge in [0.05, 0.1) is 17.8 Å². The third-order valence-electron chi connectivity index (χ3n) is 4.70. The van der Waals surface area contributed by atoms with E-state index in [9.17, 15) is 4.39 Å². The van der Waals surface area contributed by atoms with Gasteiger partial charge in [0, 0.05) is 45.5 Å². The first-order chi connectivity index (χ1) is 12.6. The van der Waals surface area contributed by atoms with Crippen molar-refractivity contribution in [2.75, 3.05) is 20.1 Å². The van der Waals surface area contributed by atoms with E-state index >= 15 is 0 Å². The molecular weight excluding hydrogens is 458 g/mol. The minimum absolute atomic E-state index is 0. The average molecular weight is 482 g/mol. The van der Waals surface area contributed by atoms with Gasteiger partial charge in [-0.25, -0.2) is 4.39 Å². The van der Waals surface area contributed by atoms with Crippen LogP contribution in [-0.4, -0.2) is 40.8 Å². The maximum absolute atomic E-state index is 14.0. The van der Waals surface area contributed by atoms with Crippen LogP contribution in [0.4, 0.5) is 4.39 Å². The summed E-state index contributed by atoms with van der Waals surface area (Å²) in [6.45, 7) is 2.19. The SMILES string of the molecule is CN=C(NCc1ccc(C#N)cc1F)N1CCC(Cc2cnn(C)c2)C1.I. The van der Waals surface area contributed by atoms with Crippen molar-refractivity contribution in [1.82, 2.24) is 20.0 Å². The Bertz CT molecular complexity index is 841. The lowest BCUT2D eigenvalue weighted by molar-refractivity contribution is 0.458. The van der Waals surface area contributed by atoms with Gasteiger partial charge in [-0.1, -0.05) is 6.07 Å². The predicted octanol–water partition coefficient (Wildman–Crippen LogP) is 2.69. The number of hydrogen-bond donors (Lipinski definition) is 1. The normalized spacial score (nSPS) is 16.7. The second kappa shape index (κ2) is 9.69. The highest BCUT2D eigenvalue weighted by Crippen LogP contribution is 2.21. The van der Waals surface area contributed by atoms with Gasteiger partial charge in [-0.05, 0) is 36.5 Å². The van der Waals surface area contributed by atoms with Gasteiger partial charge in [0.1, 0.15) is 5.82 Å². The molecule has 3 rings (SSSR count). The molecule has 2 aromatic rings. The van der Waals surface area contributed by atoms with E-state index in [2.05, 4.69) is 26.5 Å². The molecule has 2 heterocycles. The maximum atomic E-state index is 14.0. The van der Waals surface area contributed by atoms with Gasteiger partial charge in [0.2, 0.25) is 0 Å². The second-order valence-corrected chi connectivity index (χ2v) is 6.65. The van der Waals surface area contributed by atoms with E-state index in [1.807, 2.05) is 24.0 Å². The molecule has 0 radical (unpaired) electrons. The monoisotopic (exact) mass is 482 g/mol. The van der Waals surface area contributed by atoms with E-state index in [1.165, 1.54) is 11.6 Å². The van der Waals surface area contributed by atoms with E-state index in [-0.39, 0.29) is 29.8 Å². The van der Waals surface area contributed by atoms with Crippen molar-refractivity contribution in [1.29, 1.82) is 5.26 Å². The van der Waals surface area contributed by atoms with Gasteiger partial charge in [-0.3, -0.25) is 9.67 Å². The minimum atomic E-state index is -0.372. The van der Waals surface area contributed by atoms with E-state index in [1.54, 1.807) is 19.2 Å². The number of aromatic nitrogens is 2. The molecule has 1 aliphatic rings. The molecule has 0 amide bonds. The fraction of sp³-hybridized carbons (Fsp3) is 0.421. The molecule has 1 unspecified atom stereocenters. The Morgan fingerprint density at radius 2 is 2.30 bits per heavy atom. The van der Waals surface area contributed by atoms with Gasteiger partial charge in [-0.2, -0.15) is 10.4 Å². The summed E-state index contributed by atoms with van der Waals surface area (Å²) in [6, 6.07) is 6.48. The number of nitrogens with one attached hydrogen (secondary N) is 1. The summed E-state index contributed by atoms with van der Waals surface area (Å²) in [5.41, 5.74) is 2.10. The van der Waals surface area contributed by atoms with Crippen molar-refractivity contribution in [2.45, 2.75) is 19.4 Å². The highest BCUT2D eigenvalue weighted by molar-refractivity contribution is 14.0. The summed E-state index contributed by atoms with van der Waals surface area (Å²) >= 11 is 0. The van der Waals surface area contributed by atoms with E-state index < -0.39 is 0 Å². The molecular formula is C19H24FIN6. The van der Waals surface area contributed by atoms with Crippen LogP contribution in [0.5, 0.6) is 0 Å². The zero-order chi connectivity index (χ0) is 18.5. The summed E-state index contributed by atoms with van der Waals surface area (Å²) in [6.07, 6.45) is 6.08. The van der Waals surface area contributed by atoms with E-state index in [0.29, 0.717) is 23.6 Å². The average Bonchev–Trinajstić information content (AvgIpc) is 3.26. The van der Waals surface area contributed by atoms with Crippen LogP contribution in [0.15, 0.2) is 35.6 Å². The van der Waals surface area contributed by atoms with Gasteiger partial charge in [-0.15, -0.1) is 24.0 Å². The topological polar surface area (TPSA) is 69.2 Å². The van der Waals surface area contributed by atoms with Crippen LogP contribution in [-0.2, 0) is 20.0 Å². The zero-order valence-electron chi connectivity index (χ0n) is 15.5. The van der Waals surface area contributed by atoms with Gasteiger partial charge in [0.15, 0.2) is 5.96 Å². The molecule has 1 aromatic carbocycles. The van der Waals surface area contributed by atoms with Crippen molar-refractivity contribution in [3.05, 3.63) is 53.1 Å². The quantitative estimate of drug-likeness (QED) is 0.414. The lowest BCUT2D eigenvalue weighted by Gasteiger charge is -2.22. The number of guanidine groups is 1. The van der Waals surface area contributed by atoms with Crippen LogP contribution in [0.2, 0.25) is 0 Å². The van der Waals surface area contributed by atoms with Gasteiger partial charge >= 0.3 is 0 Å². The van der Waals surface area contributed by atoms with Crippen LogP contribution < -0.4 is 5.32 Å². The fourth-order valence-corrected chi connectivity index (χ4v) is 3.37. The van der Waals surface area contributed by atoms with Crippen LogP contribution >= 0.6 is 24.0 Å². The standard InChI is InChI=1S/C19H23FN6.HI/c1-22-19(23-11-17-4-3-14(9-21)8-18(17)20)26-6-5-15(13-26)7-16-10-24-25(2)12-16;/h3-4,8,10,12,15H,5-7,11,13H2,1-2H3,(H,22,23);1H. The van der Waals surface area contributed by atoms with Crippen LogP contribution in [0, 0.1) is 23.1 Å². The Balaban J connectivity index is 0.00000261. The number of aliphatic imine (C=N–C) groups is 1. The Morgan fingerprint density at radius 3 is 2.93 bits per heavy atom. The molecule has 0 spiro atoms. The predicted molar refractivity (Wildman–Crippen MR) is 113 cm³/mol. The summed E-state index contributed by atoms with van der Waals surface area (Å²) < 4.78 is 15.9. The Hall–Kier alpha value is -2.15. The van der Waals surface area contributed by atoms with E-state index in [4.69, 9.17) is 5.26 Å². The Labute approximate surface area is 176 Å². The number of benzene rings is 1. The third-order valence-corrected chi connectivity index (χ3v) is 4.70. The van der Waals surface area contributed by atoms with Crippen molar-refractivity contribution in [3.8, 4) is 6.07 Å². The van der Waals surface area contributed by atoms with Crippen molar-refractivity contribution in [2.24, 2.45) is 18.0 Å². The largest absolute Gasteiger partial charge is 0.352 e. The first-order valence-corrected chi connectivity index (χ1v) is 8.70. The number of rotatable bonds is 4.